The molecule has 0 unspecified atom stereocenters. The lowest BCUT2D eigenvalue weighted by Gasteiger charge is -2.04. The number of benzene rings is 1. The number of ether oxygens (including phenoxy) is 1. The number of nitrogens with zero attached hydrogens (tertiary/aromatic N) is 1. The first-order valence-electron chi connectivity index (χ1n) is 4.62. The summed E-state index contributed by atoms with van der Waals surface area (Å²) >= 11 is 0.828. The van der Waals surface area contributed by atoms with E-state index in [0.717, 1.165) is 23.9 Å². The number of aryl methyl sites for hydroxylation is 1. The van der Waals surface area contributed by atoms with E-state index in [9.17, 15) is 4.79 Å². The van der Waals surface area contributed by atoms with Crippen LogP contribution >= 0.6 is 11.9 Å². The molecule has 1 rings (SSSR count). The molecule has 0 bridgehead atoms. The Balaban J connectivity index is 2.87. The van der Waals surface area contributed by atoms with Crippen molar-refractivity contribution in [3.8, 4) is 0 Å². The Kier molecular flexibility index (Phi) is 4.90. The number of hydrogen-bond donors (Lipinski definition) is 0. The van der Waals surface area contributed by atoms with Crippen molar-refractivity contribution in [1.29, 1.82) is 0 Å². The van der Waals surface area contributed by atoms with Crippen LogP contribution in [0, 0.1) is 0 Å². The lowest BCUT2D eigenvalue weighted by Crippen LogP contribution is -2.02. The molecule has 0 N–H and O–H groups in total. The Morgan fingerprint density at radius 3 is 2.60 bits per heavy atom. The zero-order valence-corrected chi connectivity index (χ0v) is 9.58. The Morgan fingerprint density at radius 2 is 2.13 bits per heavy atom. The van der Waals surface area contributed by atoms with Crippen molar-refractivity contribution >= 4 is 23.5 Å². The molecule has 0 amide bonds. The van der Waals surface area contributed by atoms with Gasteiger partial charge in [-0.3, -0.25) is 4.79 Å². The monoisotopic (exact) mass is 223 g/mol. The van der Waals surface area contributed by atoms with E-state index in [2.05, 4.69) is 11.3 Å². The van der Waals surface area contributed by atoms with Gasteiger partial charge in [-0.2, -0.15) is 4.40 Å². The third kappa shape index (κ3) is 3.40. The van der Waals surface area contributed by atoms with Gasteiger partial charge in [0.1, 0.15) is 0 Å². The van der Waals surface area contributed by atoms with Crippen LogP contribution in [-0.4, -0.2) is 18.6 Å². The molecular formula is C11H13NO2S. The van der Waals surface area contributed by atoms with Gasteiger partial charge in [0, 0.05) is 5.56 Å². The maximum absolute atomic E-state index is 10.2. The molecule has 0 aromatic heterocycles. The summed E-state index contributed by atoms with van der Waals surface area (Å²) in [5.41, 5.74) is 2.81. The van der Waals surface area contributed by atoms with E-state index in [-0.39, 0.29) is 0 Å². The molecular weight excluding hydrogens is 210 g/mol. The first kappa shape index (κ1) is 11.8. The summed E-state index contributed by atoms with van der Waals surface area (Å²) in [6.07, 6.45) is 1.00. The fraction of sp³-hybridized carbons (Fsp3) is 0.273. The van der Waals surface area contributed by atoms with Gasteiger partial charge >= 0.3 is 0 Å². The Labute approximate surface area is 93.7 Å². The zero-order valence-electron chi connectivity index (χ0n) is 8.77. The highest BCUT2D eigenvalue weighted by Crippen LogP contribution is 2.09. The molecule has 0 atom stereocenters. The molecule has 4 heteroatoms. The average molecular weight is 223 g/mol. The van der Waals surface area contributed by atoms with Gasteiger partial charge in [0.15, 0.2) is 5.62 Å². The van der Waals surface area contributed by atoms with Crippen LogP contribution in [0.1, 0.15) is 18.1 Å². The van der Waals surface area contributed by atoms with Gasteiger partial charge in [-0.05, 0) is 24.1 Å². The minimum absolute atomic E-state index is 0.467. The summed E-state index contributed by atoms with van der Waals surface area (Å²) in [7, 11) is 1.54. The van der Waals surface area contributed by atoms with Crippen LogP contribution in [0.4, 0.5) is 0 Å². The molecule has 0 aliphatic rings. The molecule has 1 aromatic carbocycles. The van der Waals surface area contributed by atoms with Gasteiger partial charge in [-0.15, -0.1) is 0 Å². The molecule has 0 saturated heterocycles. The van der Waals surface area contributed by atoms with Crippen LogP contribution < -0.4 is 0 Å². The Bertz CT molecular complexity index is 346. The number of methoxy groups -OCH3 is 1. The minimum atomic E-state index is 0.467. The van der Waals surface area contributed by atoms with Gasteiger partial charge in [0.25, 0.3) is 0 Å². The summed E-state index contributed by atoms with van der Waals surface area (Å²) in [6, 6.07) is 7.92. The van der Waals surface area contributed by atoms with Crippen LogP contribution in [0.15, 0.2) is 28.7 Å². The van der Waals surface area contributed by atoms with E-state index in [0.29, 0.717) is 11.5 Å². The molecule has 3 nitrogen and oxygen atoms in total. The molecule has 80 valence electrons. The second-order valence-corrected chi connectivity index (χ2v) is 3.44. The quantitative estimate of drug-likeness (QED) is 0.341. The topological polar surface area (TPSA) is 38.7 Å². The molecule has 1 aromatic rings. The maximum Gasteiger partial charge on any atom is 0.227 e. The van der Waals surface area contributed by atoms with Gasteiger partial charge in [0.05, 0.1) is 19.1 Å². The fourth-order valence-electron chi connectivity index (χ4n) is 1.16. The smallest absolute Gasteiger partial charge is 0.227 e. The van der Waals surface area contributed by atoms with E-state index in [1.165, 1.54) is 12.7 Å². The predicted molar refractivity (Wildman–Crippen MR) is 63.7 cm³/mol. The molecule has 0 aliphatic carbocycles. The second kappa shape index (κ2) is 6.24. The fourth-order valence-corrected chi connectivity index (χ4v) is 1.48. The van der Waals surface area contributed by atoms with Crippen molar-refractivity contribution in [2.75, 3.05) is 7.11 Å². The maximum atomic E-state index is 10.2. The van der Waals surface area contributed by atoms with Crippen molar-refractivity contribution in [3.63, 3.8) is 0 Å². The van der Waals surface area contributed by atoms with Crippen molar-refractivity contribution in [2.24, 2.45) is 4.40 Å². The first-order valence-corrected chi connectivity index (χ1v) is 5.46. The third-order valence-corrected chi connectivity index (χ3v) is 2.34. The number of carbonyl (C=O) groups is 1. The summed E-state index contributed by atoms with van der Waals surface area (Å²) < 4.78 is 9.01. The van der Waals surface area contributed by atoms with E-state index < -0.39 is 0 Å². The van der Waals surface area contributed by atoms with Gasteiger partial charge in [-0.25, -0.2) is 0 Å². The van der Waals surface area contributed by atoms with Crippen molar-refractivity contribution in [3.05, 3.63) is 35.4 Å². The number of rotatable bonds is 4. The van der Waals surface area contributed by atoms with Crippen LogP contribution in [0.3, 0.4) is 0 Å². The van der Waals surface area contributed by atoms with E-state index in [1.807, 2.05) is 24.3 Å². The Morgan fingerprint density at radius 1 is 1.47 bits per heavy atom. The van der Waals surface area contributed by atoms with Crippen molar-refractivity contribution < 1.29 is 9.53 Å². The van der Waals surface area contributed by atoms with Crippen molar-refractivity contribution in [1.82, 2.24) is 0 Å². The van der Waals surface area contributed by atoms with Crippen LogP contribution in [0.25, 0.3) is 0 Å². The number of hydrogen-bond acceptors (Lipinski definition) is 4. The van der Waals surface area contributed by atoms with Crippen LogP contribution in [0.5, 0.6) is 0 Å². The van der Waals surface area contributed by atoms with Gasteiger partial charge < -0.3 is 4.74 Å². The molecule has 0 aliphatic heterocycles. The highest BCUT2D eigenvalue weighted by atomic mass is 32.2. The normalized spacial score (nSPS) is 11.2. The predicted octanol–water partition coefficient (Wildman–Crippen LogP) is 2.48. The number of carbonyl (C=O) groups excluding carboxylic acids is 1. The van der Waals surface area contributed by atoms with Crippen molar-refractivity contribution in [2.45, 2.75) is 13.3 Å². The molecule has 0 spiro atoms. The summed E-state index contributed by atoms with van der Waals surface area (Å²) in [5, 5.41) is 0. The third-order valence-electron chi connectivity index (χ3n) is 1.98. The summed E-state index contributed by atoms with van der Waals surface area (Å²) in [4.78, 5) is 10.2. The molecule has 0 heterocycles. The average Bonchev–Trinajstić information content (AvgIpc) is 2.31. The zero-order chi connectivity index (χ0) is 11.1. The molecule has 15 heavy (non-hydrogen) atoms. The second-order valence-electron chi connectivity index (χ2n) is 2.85. The lowest BCUT2D eigenvalue weighted by atomic mass is 10.1. The lowest BCUT2D eigenvalue weighted by molar-refractivity contribution is 0.406. The SMILES string of the molecule is CCc1ccc(/C(=N/SC=O)OC)cc1. The van der Waals surface area contributed by atoms with Crippen LogP contribution in [-0.2, 0) is 16.0 Å². The summed E-state index contributed by atoms with van der Waals surface area (Å²) in [5.74, 6) is 0.467. The molecule has 0 radical (unpaired) electrons. The van der Waals surface area contributed by atoms with E-state index in [1.54, 1.807) is 0 Å². The first-order chi connectivity index (χ1) is 7.31. The minimum Gasteiger partial charge on any atom is -0.480 e. The molecule has 0 fully saturated rings. The summed E-state index contributed by atoms with van der Waals surface area (Å²) in [6.45, 7) is 2.10. The Hall–Kier alpha value is -1.29. The van der Waals surface area contributed by atoms with Gasteiger partial charge in [-0.1, -0.05) is 19.1 Å². The van der Waals surface area contributed by atoms with Crippen LogP contribution in [0.2, 0.25) is 0 Å². The highest BCUT2D eigenvalue weighted by Gasteiger charge is 2.02. The molecule has 0 saturated carbocycles. The van der Waals surface area contributed by atoms with Gasteiger partial charge in [0.2, 0.25) is 5.90 Å². The largest absolute Gasteiger partial charge is 0.480 e. The van der Waals surface area contributed by atoms with E-state index in [4.69, 9.17) is 4.74 Å². The highest BCUT2D eigenvalue weighted by molar-refractivity contribution is 8.10. The standard InChI is InChI=1S/C11H13NO2S/c1-3-9-4-6-10(7-5-9)11(14-2)12-15-8-13/h4-8H,3H2,1-2H3/b12-11-. The van der Waals surface area contributed by atoms with E-state index >= 15 is 0 Å².